The molecule has 0 radical (unpaired) electrons. The number of carbonyl (C=O) groups excluding carboxylic acids is 2. The summed E-state index contributed by atoms with van der Waals surface area (Å²) in [7, 11) is 0. The number of carboxylic acid groups (broad SMARTS) is 1. The van der Waals surface area contributed by atoms with Crippen LogP contribution in [-0.2, 0) is 20.7 Å². The number of ether oxygens (including phenoxy) is 1. The Morgan fingerprint density at radius 3 is 2.19 bits per heavy atom. The lowest BCUT2D eigenvalue weighted by molar-refractivity contribution is -0.192. The number of aryl methyl sites for hydroxylation is 1. The van der Waals surface area contributed by atoms with E-state index in [1.54, 1.807) is 16.7 Å². The normalized spacial score (nSPS) is 14.9. The quantitative estimate of drug-likeness (QED) is 0.523. The van der Waals surface area contributed by atoms with E-state index in [1.807, 2.05) is 6.92 Å². The highest BCUT2D eigenvalue weighted by Crippen LogP contribution is 2.21. The molecule has 0 unspecified atom stereocenters. The standard InChI is InChI=1S/C16H26N4O5.C2HF3O2/c1-3-4-9-24-16(23)20-7-5-19(6-8-20)15(22)13(17)10-12-11(2)25-18-14(12)21;3-2(4,5)1(6)7/h13H,3-10,17H2,1-2H3,(H,18,21);(H,6,7)/t13-;/m0./s1. The second kappa shape index (κ2) is 12.1. The van der Waals surface area contributed by atoms with Crippen LogP contribution in [0.4, 0.5) is 18.0 Å². The number of halogens is 3. The maximum absolute atomic E-state index is 12.5. The summed E-state index contributed by atoms with van der Waals surface area (Å²) >= 11 is 0. The second-order valence-electron chi connectivity index (χ2n) is 6.93. The molecule has 2 rings (SSSR count). The van der Waals surface area contributed by atoms with Crippen LogP contribution in [0, 0.1) is 6.92 Å². The maximum Gasteiger partial charge on any atom is 0.490 e. The topological polar surface area (TPSA) is 159 Å². The van der Waals surface area contributed by atoms with E-state index in [1.165, 1.54) is 0 Å². The minimum Gasteiger partial charge on any atom is -0.491 e. The van der Waals surface area contributed by atoms with Gasteiger partial charge in [0.05, 0.1) is 18.2 Å². The molecule has 1 aromatic rings. The van der Waals surface area contributed by atoms with Gasteiger partial charge in [0.1, 0.15) is 5.76 Å². The number of alkyl halides is 3. The molecule has 11 nitrogen and oxygen atoms in total. The summed E-state index contributed by atoms with van der Waals surface area (Å²) in [6, 6.07) is -0.799. The molecule has 1 saturated heterocycles. The fourth-order valence-corrected chi connectivity index (χ4v) is 2.66. The van der Waals surface area contributed by atoms with E-state index in [0.717, 1.165) is 12.8 Å². The molecular formula is C18H27F3N4O7. The predicted molar refractivity (Wildman–Crippen MR) is 103 cm³/mol. The van der Waals surface area contributed by atoms with Crippen molar-refractivity contribution in [3.8, 4) is 5.88 Å². The van der Waals surface area contributed by atoms with Crippen LogP contribution in [0.3, 0.4) is 0 Å². The zero-order chi connectivity index (χ0) is 24.5. The van der Waals surface area contributed by atoms with Gasteiger partial charge in [-0.05, 0) is 18.5 Å². The lowest BCUT2D eigenvalue weighted by atomic mass is 10.1. The first-order chi connectivity index (χ1) is 14.9. The van der Waals surface area contributed by atoms with E-state index in [-0.39, 0.29) is 24.3 Å². The number of piperazine rings is 1. The molecule has 1 aromatic heterocycles. The van der Waals surface area contributed by atoms with Crippen molar-refractivity contribution in [3.63, 3.8) is 0 Å². The predicted octanol–water partition coefficient (Wildman–Crippen LogP) is 1.27. The zero-order valence-electron chi connectivity index (χ0n) is 17.7. The molecule has 0 bridgehead atoms. The average molecular weight is 468 g/mol. The van der Waals surface area contributed by atoms with Crippen LogP contribution >= 0.6 is 0 Å². The Labute approximate surface area is 181 Å². The number of nitrogens with two attached hydrogens (primary N) is 1. The molecule has 0 saturated carbocycles. The number of carbonyl (C=O) groups is 3. The number of aromatic hydroxyl groups is 1. The minimum atomic E-state index is -5.08. The molecule has 4 N–H and O–H groups in total. The van der Waals surface area contributed by atoms with Crippen molar-refractivity contribution in [3.05, 3.63) is 11.3 Å². The van der Waals surface area contributed by atoms with E-state index in [2.05, 4.69) is 5.16 Å². The van der Waals surface area contributed by atoms with Gasteiger partial charge in [0, 0.05) is 32.6 Å². The third-order valence-electron chi connectivity index (χ3n) is 4.52. The van der Waals surface area contributed by atoms with E-state index in [0.29, 0.717) is 44.1 Å². The van der Waals surface area contributed by atoms with E-state index in [9.17, 15) is 27.9 Å². The number of aromatic nitrogens is 1. The fraction of sp³-hybridized carbons (Fsp3) is 0.667. The Balaban J connectivity index is 0.000000633. The van der Waals surface area contributed by atoms with Crippen LogP contribution in [0.1, 0.15) is 31.1 Å². The van der Waals surface area contributed by atoms with E-state index < -0.39 is 18.2 Å². The first-order valence-corrected chi connectivity index (χ1v) is 9.78. The summed E-state index contributed by atoms with van der Waals surface area (Å²) in [6.45, 7) is 5.75. The van der Waals surface area contributed by atoms with Crippen molar-refractivity contribution in [2.24, 2.45) is 5.73 Å². The van der Waals surface area contributed by atoms with Crippen molar-refractivity contribution >= 4 is 18.0 Å². The van der Waals surface area contributed by atoms with Crippen LogP contribution in [0.5, 0.6) is 5.88 Å². The summed E-state index contributed by atoms with van der Waals surface area (Å²) in [5, 5.41) is 20.2. The third-order valence-corrected chi connectivity index (χ3v) is 4.52. The molecule has 1 aliphatic heterocycles. The molecule has 182 valence electrons. The van der Waals surface area contributed by atoms with Crippen molar-refractivity contribution in [1.82, 2.24) is 15.0 Å². The van der Waals surface area contributed by atoms with Crippen LogP contribution in [0.25, 0.3) is 0 Å². The molecule has 2 amide bonds. The summed E-state index contributed by atoms with van der Waals surface area (Å²) in [5.74, 6) is -2.77. The second-order valence-corrected chi connectivity index (χ2v) is 6.93. The van der Waals surface area contributed by atoms with Gasteiger partial charge in [-0.25, -0.2) is 9.59 Å². The largest absolute Gasteiger partial charge is 0.491 e. The number of aliphatic carboxylic acids is 1. The molecule has 0 aromatic carbocycles. The highest BCUT2D eigenvalue weighted by Gasteiger charge is 2.38. The lowest BCUT2D eigenvalue weighted by Gasteiger charge is -2.35. The van der Waals surface area contributed by atoms with Gasteiger partial charge in [0.25, 0.3) is 5.88 Å². The van der Waals surface area contributed by atoms with Crippen molar-refractivity contribution in [1.29, 1.82) is 0 Å². The van der Waals surface area contributed by atoms with Gasteiger partial charge in [-0.2, -0.15) is 13.2 Å². The van der Waals surface area contributed by atoms with E-state index in [4.69, 9.17) is 24.9 Å². The fourth-order valence-electron chi connectivity index (χ4n) is 2.66. The van der Waals surface area contributed by atoms with Crippen LogP contribution < -0.4 is 5.73 Å². The molecule has 2 heterocycles. The van der Waals surface area contributed by atoms with Gasteiger partial charge < -0.3 is 35.0 Å². The maximum atomic E-state index is 12.5. The number of rotatable bonds is 6. The lowest BCUT2D eigenvalue weighted by Crippen LogP contribution is -2.54. The SMILES string of the molecule is CCCCOC(=O)N1CCN(C(=O)[C@@H](N)Cc2c(O)noc2C)CC1.O=C(O)C(F)(F)F. The van der Waals surface area contributed by atoms with Gasteiger partial charge in [-0.3, -0.25) is 4.79 Å². The van der Waals surface area contributed by atoms with E-state index >= 15 is 0 Å². The van der Waals surface area contributed by atoms with Crippen LogP contribution in [-0.4, -0.2) is 88.1 Å². The Hall–Kier alpha value is -3.03. The number of hydrogen-bond acceptors (Lipinski definition) is 8. The Morgan fingerprint density at radius 1 is 1.22 bits per heavy atom. The molecule has 14 heteroatoms. The highest BCUT2D eigenvalue weighted by molar-refractivity contribution is 5.82. The number of unbranched alkanes of at least 4 members (excludes halogenated alkanes) is 1. The van der Waals surface area contributed by atoms with Crippen LogP contribution in [0.15, 0.2) is 4.52 Å². The number of amides is 2. The molecule has 0 spiro atoms. The molecule has 1 fully saturated rings. The van der Waals surface area contributed by atoms with Gasteiger partial charge >= 0.3 is 18.2 Å². The van der Waals surface area contributed by atoms with Crippen molar-refractivity contribution in [2.75, 3.05) is 32.8 Å². The van der Waals surface area contributed by atoms with Gasteiger partial charge in [0.15, 0.2) is 0 Å². The summed E-state index contributed by atoms with van der Waals surface area (Å²) in [4.78, 5) is 36.5. The number of hydrogen-bond donors (Lipinski definition) is 3. The molecule has 1 aliphatic rings. The monoisotopic (exact) mass is 468 g/mol. The van der Waals surface area contributed by atoms with Crippen molar-refractivity contribution in [2.45, 2.75) is 45.3 Å². The van der Waals surface area contributed by atoms with Gasteiger partial charge in [-0.1, -0.05) is 13.3 Å². The molecular weight excluding hydrogens is 441 g/mol. The zero-order valence-corrected chi connectivity index (χ0v) is 17.7. The minimum absolute atomic E-state index is 0.152. The Morgan fingerprint density at radius 2 is 1.75 bits per heavy atom. The summed E-state index contributed by atoms with van der Waals surface area (Å²) in [6.07, 6.45) is -3.46. The Kier molecular flexibility index (Phi) is 10.2. The first kappa shape index (κ1) is 27.0. The summed E-state index contributed by atoms with van der Waals surface area (Å²) < 4.78 is 41.8. The third kappa shape index (κ3) is 8.24. The summed E-state index contributed by atoms with van der Waals surface area (Å²) in [5.41, 5.74) is 6.42. The molecule has 32 heavy (non-hydrogen) atoms. The van der Waals surface area contributed by atoms with Gasteiger partial charge in [0.2, 0.25) is 5.91 Å². The van der Waals surface area contributed by atoms with Gasteiger partial charge in [-0.15, -0.1) is 0 Å². The molecule has 1 atom stereocenters. The highest BCUT2D eigenvalue weighted by atomic mass is 19.4. The number of carboxylic acids is 1. The molecule has 0 aliphatic carbocycles. The average Bonchev–Trinajstić information content (AvgIpc) is 3.05. The first-order valence-electron chi connectivity index (χ1n) is 9.78. The van der Waals surface area contributed by atoms with Crippen molar-refractivity contribution < 1.29 is 47.0 Å². The Bertz CT molecular complexity index is 758. The number of nitrogens with zero attached hydrogens (tertiary/aromatic N) is 3. The smallest absolute Gasteiger partial charge is 0.490 e. The van der Waals surface area contributed by atoms with Crippen LogP contribution in [0.2, 0.25) is 0 Å².